The summed E-state index contributed by atoms with van der Waals surface area (Å²) in [7, 11) is 0. The maximum absolute atomic E-state index is 13.1. The monoisotopic (exact) mass is 242 g/mol. The number of carbonyl (C=O) groups is 1. The number of anilines is 1. The first-order valence-electron chi connectivity index (χ1n) is 5.29. The molecule has 0 unspecified atom stereocenters. The van der Waals surface area contributed by atoms with Crippen molar-refractivity contribution < 1.29 is 9.18 Å². The molecular weight excluding hydrogens is 227 g/mol. The van der Waals surface area contributed by atoms with Crippen LogP contribution in [-0.2, 0) is 11.3 Å². The smallest absolute Gasteiger partial charge is 0.350 e. The third-order valence-corrected chi connectivity index (χ3v) is 2.40. The van der Waals surface area contributed by atoms with Gasteiger partial charge in [-0.05, 0) is 13.8 Å². The third kappa shape index (κ3) is 3.02. The molecule has 0 atom stereocenters. The fourth-order valence-electron chi connectivity index (χ4n) is 1.41. The average Bonchev–Trinajstić information content (AvgIpc) is 2.27. The molecule has 0 aliphatic rings. The summed E-state index contributed by atoms with van der Waals surface area (Å²) in [6.45, 7) is 4.49. The second kappa shape index (κ2) is 5.42. The molecule has 0 aromatic carbocycles. The van der Waals surface area contributed by atoms with E-state index in [2.05, 4.69) is 4.98 Å². The number of nitrogens with two attached hydrogens (primary N) is 1. The Labute approximate surface area is 97.9 Å². The van der Waals surface area contributed by atoms with Crippen molar-refractivity contribution >= 4 is 11.7 Å². The van der Waals surface area contributed by atoms with Crippen LogP contribution in [0.2, 0.25) is 0 Å². The van der Waals surface area contributed by atoms with Crippen LogP contribution in [0.25, 0.3) is 0 Å². The molecule has 2 N–H and O–H groups in total. The number of nitrogen functional groups attached to an aromatic ring is 1. The van der Waals surface area contributed by atoms with Gasteiger partial charge in [0.25, 0.3) is 0 Å². The van der Waals surface area contributed by atoms with Gasteiger partial charge in [0.1, 0.15) is 6.54 Å². The Bertz CT molecular complexity index is 468. The summed E-state index contributed by atoms with van der Waals surface area (Å²) in [4.78, 5) is 27.9. The average molecular weight is 242 g/mol. The number of hydrogen-bond donors (Lipinski definition) is 1. The molecular formula is C10H15FN4O2. The molecule has 94 valence electrons. The van der Waals surface area contributed by atoms with Gasteiger partial charge in [-0.15, -0.1) is 0 Å². The Morgan fingerprint density at radius 3 is 2.65 bits per heavy atom. The van der Waals surface area contributed by atoms with E-state index in [1.54, 1.807) is 4.90 Å². The maximum Gasteiger partial charge on any atom is 0.350 e. The normalized spacial score (nSPS) is 10.3. The summed E-state index contributed by atoms with van der Waals surface area (Å²) in [6.07, 6.45) is 0.895. The fraction of sp³-hybridized carbons (Fsp3) is 0.500. The largest absolute Gasteiger partial charge is 0.381 e. The molecule has 0 bridgehead atoms. The lowest BCUT2D eigenvalue weighted by Crippen LogP contribution is -2.37. The van der Waals surface area contributed by atoms with Crippen LogP contribution in [0.1, 0.15) is 13.8 Å². The Hall–Kier alpha value is -1.92. The van der Waals surface area contributed by atoms with Crippen LogP contribution in [0.4, 0.5) is 10.2 Å². The minimum Gasteiger partial charge on any atom is -0.381 e. The lowest BCUT2D eigenvalue weighted by Gasteiger charge is -2.18. The second-order valence-electron chi connectivity index (χ2n) is 3.45. The standard InChI is InChI=1S/C10H15FN4O2/c1-3-14(4-2)8(16)6-15-5-7(11)9(12)13-10(15)17/h5H,3-4,6H2,1-2H3,(H2,12,13,17). The number of likely N-dealkylation sites (N-methyl/N-ethyl adjacent to an activating group) is 1. The molecule has 7 heteroatoms. The molecule has 0 fully saturated rings. The van der Waals surface area contributed by atoms with Gasteiger partial charge in [-0.3, -0.25) is 9.36 Å². The summed E-state index contributed by atoms with van der Waals surface area (Å²) in [6, 6.07) is 0. The van der Waals surface area contributed by atoms with Crippen molar-refractivity contribution in [2.45, 2.75) is 20.4 Å². The number of nitrogens with zero attached hydrogens (tertiary/aromatic N) is 3. The van der Waals surface area contributed by atoms with Crippen LogP contribution in [0, 0.1) is 5.82 Å². The predicted octanol–water partition coefficient (Wildman–Crippen LogP) is -0.167. The number of rotatable bonds is 4. The van der Waals surface area contributed by atoms with E-state index < -0.39 is 17.3 Å². The van der Waals surface area contributed by atoms with E-state index in [0.717, 1.165) is 10.8 Å². The molecule has 1 aromatic heterocycles. The lowest BCUT2D eigenvalue weighted by molar-refractivity contribution is -0.131. The Morgan fingerprint density at radius 2 is 2.12 bits per heavy atom. The van der Waals surface area contributed by atoms with Gasteiger partial charge in [0, 0.05) is 19.3 Å². The van der Waals surface area contributed by atoms with Gasteiger partial charge in [-0.25, -0.2) is 9.18 Å². The van der Waals surface area contributed by atoms with E-state index in [1.165, 1.54) is 0 Å². The molecule has 0 spiro atoms. The number of halogens is 1. The van der Waals surface area contributed by atoms with Crippen molar-refractivity contribution in [3.8, 4) is 0 Å². The van der Waals surface area contributed by atoms with Crippen molar-refractivity contribution in [3.63, 3.8) is 0 Å². The summed E-state index contributed by atoms with van der Waals surface area (Å²) in [5, 5.41) is 0. The zero-order chi connectivity index (χ0) is 13.0. The molecule has 1 heterocycles. The molecule has 1 aromatic rings. The van der Waals surface area contributed by atoms with E-state index in [0.29, 0.717) is 13.1 Å². The van der Waals surface area contributed by atoms with Crippen molar-refractivity contribution in [2.24, 2.45) is 0 Å². The van der Waals surface area contributed by atoms with E-state index in [1.807, 2.05) is 13.8 Å². The van der Waals surface area contributed by atoms with Gasteiger partial charge in [0.05, 0.1) is 0 Å². The van der Waals surface area contributed by atoms with Gasteiger partial charge in [0.15, 0.2) is 11.6 Å². The number of amides is 1. The summed E-state index contributed by atoms with van der Waals surface area (Å²) in [5.41, 5.74) is 4.41. The van der Waals surface area contributed by atoms with Crippen LogP contribution < -0.4 is 11.4 Å². The molecule has 1 rings (SSSR count). The van der Waals surface area contributed by atoms with Crippen LogP contribution in [0.3, 0.4) is 0 Å². The molecule has 0 aliphatic heterocycles. The molecule has 0 aliphatic carbocycles. The van der Waals surface area contributed by atoms with Gasteiger partial charge in [0.2, 0.25) is 5.91 Å². The number of aromatic nitrogens is 2. The first kappa shape index (κ1) is 13.1. The fourth-order valence-corrected chi connectivity index (χ4v) is 1.41. The Balaban J connectivity index is 2.92. The molecule has 0 saturated carbocycles. The molecule has 0 radical (unpaired) electrons. The highest BCUT2D eigenvalue weighted by atomic mass is 19.1. The van der Waals surface area contributed by atoms with Crippen molar-refractivity contribution in [1.82, 2.24) is 14.5 Å². The zero-order valence-corrected chi connectivity index (χ0v) is 9.81. The zero-order valence-electron chi connectivity index (χ0n) is 9.81. The second-order valence-corrected chi connectivity index (χ2v) is 3.45. The van der Waals surface area contributed by atoms with Crippen LogP contribution in [-0.4, -0.2) is 33.4 Å². The van der Waals surface area contributed by atoms with Crippen LogP contribution >= 0.6 is 0 Å². The summed E-state index contributed by atoms with van der Waals surface area (Å²) >= 11 is 0. The van der Waals surface area contributed by atoms with Crippen LogP contribution in [0.15, 0.2) is 11.0 Å². The summed E-state index contributed by atoms with van der Waals surface area (Å²) < 4.78 is 14.0. The maximum atomic E-state index is 13.1. The Kier molecular flexibility index (Phi) is 4.19. The molecule has 6 nitrogen and oxygen atoms in total. The van der Waals surface area contributed by atoms with Crippen molar-refractivity contribution in [1.29, 1.82) is 0 Å². The third-order valence-electron chi connectivity index (χ3n) is 2.40. The van der Waals surface area contributed by atoms with Crippen molar-refractivity contribution in [2.75, 3.05) is 18.8 Å². The van der Waals surface area contributed by atoms with E-state index in [9.17, 15) is 14.0 Å². The highest BCUT2D eigenvalue weighted by molar-refractivity contribution is 5.75. The minimum absolute atomic E-state index is 0.231. The first-order chi connectivity index (χ1) is 7.99. The van der Waals surface area contributed by atoms with E-state index in [4.69, 9.17) is 5.73 Å². The Morgan fingerprint density at radius 1 is 1.53 bits per heavy atom. The minimum atomic E-state index is -0.808. The van der Waals surface area contributed by atoms with E-state index in [-0.39, 0.29) is 12.5 Å². The highest BCUT2D eigenvalue weighted by Gasteiger charge is 2.13. The molecule has 17 heavy (non-hydrogen) atoms. The highest BCUT2D eigenvalue weighted by Crippen LogP contribution is 2.01. The van der Waals surface area contributed by atoms with Gasteiger partial charge in [-0.2, -0.15) is 4.98 Å². The SMILES string of the molecule is CCN(CC)C(=O)Cn1cc(F)c(N)nc1=O. The lowest BCUT2D eigenvalue weighted by atomic mass is 10.4. The quantitative estimate of drug-likeness (QED) is 0.795. The van der Waals surface area contributed by atoms with Crippen molar-refractivity contribution in [3.05, 3.63) is 22.5 Å². The summed E-state index contributed by atoms with van der Waals surface area (Å²) in [5.74, 6) is -1.53. The topological polar surface area (TPSA) is 81.2 Å². The molecule has 0 saturated heterocycles. The van der Waals surface area contributed by atoms with E-state index >= 15 is 0 Å². The van der Waals surface area contributed by atoms with Crippen LogP contribution in [0.5, 0.6) is 0 Å². The molecule has 1 amide bonds. The van der Waals surface area contributed by atoms with Gasteiger partial charge >= 0.3 is 5.69 Å². The first-order valence-corrected chi connectivity index (χ1v) is 5.29. The number of hydrogen-bond acceptors (Lipinski definition) is 4. The van der Waals surface area contributed by atoms with Gasteiger partial charge < -0.3 is 10.6 Å². The van der Waals surface area contributed by atoms with Gasteiger partial charge in [-0.1, -0.05) is 0 Å². The number of carbonyl (C=O) groups excluding carboxylic acids is 1. The predicted molar refractivity (Wildman–Crippen MR) is 60.8 cm³/mol.